The Balaban J connectivity index is 0.00000149. The molecule has 5 nitrogen and oxygen atoms in total. The summed E-state index contributed by atoms with van der Waals surface area (Å²) in [4.78, 5) is 17.1. The van der Waals surface area contributed by atoms with Gasteiger partial charge in [0.15, 0.2) is 11.6 Å². The number of hydrogen-bond acceptors (Lipinski definition) is 4. The zero-order valence-electron chi connectivity index (χ0n) is 19.4. The molecule has 7 heteroatoms. The normalized spacial score (nSPS) is 18.9. The molecular formula is C26H32F2N4O. The Labute approximate surface area is 195 Å². The summed E-state index contributed by atoms with van der Waals surface area (Å²) in [6.07, 6.45) is 2.98. The molecule has 2 saturated heterocycles. The van der Waals surface area contributed by atoms with Crippen molar-refractivity contribution < 1.29 is 13.6 Å². The van der Waals surface area contributed by atoms with E-state index in [0.29, 0.717) is 17.2 Å². The van der Waals surface area contributed by atoms with Crippen LogP contribution in [0.25, 0.3) is 0 Å². The van der Waals surface area contributed by atoms with Gasteiger partial charge in [-0.25, -0.2) is 8.78 Å². The van der Waals surface area contributed by atoms with Crippen LogP contribution in [0, 0.1) is 23.0 Å². The highest BCUT2D eigenvalue weighted by molar-refractivity contribution is 5.78. The Hall–Kier alpha value is -2.98. The molecule has 2 heterocycles. The van der Waals surface area contributed by atoms with Crippen molar-refractivity contribution in [3.8, 4) is 6.07 Å². The molecule has 2 aromatic rings. The number of benzene rings is 2. The third kappa shape index (κ3) is 6.29. The summed E-state index contributed by atoms with van der Waals surface area (Å²) in [6, 6.07) is 14.1. The van der Waals surface area contributed by atoms with Crippen LogP contribution in [0.2, 0.25) is 0 Å². The summed E-state index contributed by atoms with van der Waals surface area (Å²) < 4.78 is 26.4. The summed E-state index contributed by atoms with van der Waals surface area (Å²) in [5.74, 6) is -2.00. The van der Waals surface area contributed by atoms with Crippen LogP contribution < -0.4 is 10.2 Å². The van der Waals surface area contributed by atoms with Crippen LogP contribution in [0.3, 0.4) is 0 Å². The molecule has 2 aromatic carbocycles. The summed E-state index contributed by atoms with van der Waals surface area (Å²) in [5.41, 5.74) is 2.19. The van der Waals surface area contributed by atoms with Gasteiger partial charge in [0.2, 0.25) is 5.91 Å². The smallest absolute Gasteiger partial charge is 0.224 e. The molecule has 4 rings (SSSR count). The second-order valence-corrected chi connectivity index (χ2v) is 8.32. The van der Waals surface area contributed by atoms with Gasteiger partial charge in [0.25, 0.3) is 0 Å². The highest BCUT2D eigenvalue weighted by Crippen LogP contribution is 2.27. The van der Waals surface area contributed by atoms with Crippen molar-refractivity contribution in [3.63, 3.8) is 0 Å². The second-order valence-electron chi connectivity index (χ2n) is 8.32. The van der Waals surface area contributed by atoms with E-state index in [4.69, 9.17) is 0 Å². The Morgan fingerprint density at radius 3 is 2.48 bits per heavy atom. The number of para-hydroxylation sites is 1. The predicted octanol–water partition coefficient (Wildman–Crippen LogP) is 4.26. The quantitative estimate of drug-likeness (QED) is 0.733. The van der Waals surface area contributed by atoms with Gasteiger partial charge in [-0.05, 0) is 49.1 Å². The third-order valence-corrected chi connectivity index (χ3v) is 6.28. The second kappa shape index (κ2) is 11.8. The van der Waals surface area contributed by atoms with Crippen molar-refractivity contribution in [2.45, 2.75) is 51.6 Å². The van der Waals surface area contributed by atoms with Gasteiger partial charge in [0, 0.05) is 38.3 Å². The lowest BCUT2D eigenvalue weighted by atomic mass is 10.0. The number of nitriles is 1. The zero-order valence-corrected chi connectivity index (χ0v) is 19.4. The maximum absolute atomic E-state index is 13.3. The van der Waals surface area contributed by atoms with Gasteiger partial charge in [-0.2, -0.15) is 5.26 Å². The standard InChI is InChI=1S/C24H26F2N4O.C2H6/c25-21-6-5-17(13-22(21)26)14-24(31)28-19-7-10-30(16-19)20-8-11-29(12-9-20)23-4-2-1-3-18(23)15-27;1-2/h1-6,13,19-20H,7-12,14,16H2,(H,28,31);1-2H3. The topological polar surface area (TPSA) is 59.4 Å². The number of nitrogens with one attached hydrogen (secondary N) is 1. The van der Waals surface area contributed by atoms with Gasteiger partial charge >= 0.3 is 0 Å². The SMILES string of the molecule is CC.N#Cc1ccccc1N1CCC(N2CCC(NC(=O)Cc3ccc(F)c(F)c3)C2)CC1. The molecule has 2 aliphatic rings. The first kappa shape index (κ1) is 24.7. The van der Waals surface area contributed by atoms with Crippen molar-refractivity contribution >= 4 is 11.6 Å². The average molecular weight is 455 g/mol. The van der Waals surface area contributed by atoms with E-state index in [0.717, 1.165) is 63.3 Å². The Morgan fingerprint density at radius 1 is 1.06 bits per heavy atom. The van der Waals surface area contributed by atoms with Crippen molar-refractivity contribution in [2.75, 3.05) is 31.1 Å². The molecule has 0 aliphatic carbocycles. The first-order valence-corrected chi connectivity index (χ1v) is 11.7. The van der Waals surface area contributed by atoms with E-state index in [1.54, 1.807) is 0 Å². The highest BCUT2D eigenvalue weighted by atomic mass is 19.2. The van der Waals surface area contributed by atoms with E-state index in [1.165, 1.54) is 6.07 Å². The van der Waals surface area contributed by atoms with Gasteiger partial charge in [-0.3, -0.25) is 9.69 Å². The lowest BCUT2D eigenvalue weighted by molar-refractivity contribution is -0.121. The predicted molar refractivity (Wildman–Crippen MR) is 126 cm³/mol. The lowest BCUT2D eigenvalue weighted by Gasteiger charge is -2.38. The highest BCUT2D eigenvalue weighted by Gasteiger charge is 2.31. The van der Waals surface area contributed by atoms with Crippen LogP contribution in [-0.2, 0) is 11.2 Å². The molecular weight excluding hydrogens is 422 g/mol. The number of rotatable bonds is 5. The summed E-state index contributed by atoms with van der Waals surface area (Å²) in [7, 11) is 0. The largest absolute Gasteiger partial charge is 0.370 e. The van der Waals surface area contributed by atoms with Crippen molar-refractivity contribution in [3.05, 3.63) is 65.2 Å². The zero-order chi connectivity index (χ0) is 23.8. The number of likely N-dealkylation sites (tertiary alicyclic amines) is 1. The minimum Gasteiger partial charge on any atom is -0.370 e. The molecule has 2 aliphatic heterocycles. The van der Waals surface area contributed by atoms with Gasteiger partial charge in [-0.1, -0.05) is 32.0 Å². The summed E-state index contributed by atoms with van der Waals surface area (Å²) in [5, 5.41) is 12.4. The molecule has 1 unspecified atom stereocenters. The maximum Gasteiger partial charge on any atom is 0.224 e. The number of carbonyl (C=O) groups is 1. The molecule has 0 aromatic heterocycles. The fraction of sp³-hybridized carbons (Fsp3) is 0.462. The minimum atomic E-state index is -0.930. The molecule has 1 atom stereocenters. The van der Waals surface area contributed by atoms with Crippen LogP contribution >= 0.6 is 0 Å². The van der Waals surface area contributed by atoms with Gasteiger partial charge in [0.1, 0.15) is 6.07 Å². The van der Waals surface area contributed by atoms with Crippen molar-refractivity contribution in [1.29, 1.82) is 5.26 Å². The first-order chi connectivity index (χ1) is 16.0. The van der Waals surface area contributed by atoms with Crippen molar-refractivity contribution in [1.82, 2.24) is 10.2 Å². The van der Waals surface area contributed by atoms with Crippen LogP contribution in [0.15, 0.2) is 42.5 Å². The molecule has 1 amide bonds. The molecule has 0 spiro atoms. The van der Waals surface area contributed by atoms with E-state index in [-0.39, 0.29) is 18.4 Å². The lowest BCUT2D eigenvalue weighted by Crippen LogP contribution is -2.46. The molecule has 2 fully saturated rings. The number of halogens is 2. The van der Waals surface area contributed by atoms with Crippen molar-refractivity contribution in [2.24, 2.45) is 0 Å². The molecule has 33 heavy (non-hydrogen) atoms. The molecule has 1 N–H and O–H groups in total. The molecule has 0 saturated carbocycles. The number of piperidine rings is 1. The Bertz CT molecular complexity index is 982. The van der Waals surface area contributed by atoms with E-state index in [1.807, 2.05) is 38.1 Å². The van der Waals surface area contributed by atoms with Gasteiger partial charge in [-0.15, -0.1) is 0 Å². The van der Waals surface area contributed by atoms with Crippen LogP contribution in [0.1, 0.15) is 44.2 Å². The Morgan fingerprint density at radius 2 is 1.79 bits per heavy atom. The van der Waals surface area contributed by atoms with Crippen LogP contribution in [-0.4, -0.2) is 49.1 Å². The van der Waals surface area contributed by atoms with Crippen LogP contribution in [0.4, 0.5) is 14.5 Å². The number of hydrogen-bond donors (Lipinski definition) is 1. The maximum atomic E-state index is 13.3. The fourth-order valence-electron chi connectivity index (χ4n) is 4.67. The van der Waals surface area contributed by atoms with E-state index >= 15 is 0 Å². The first-order valence-electron chi connectivity index (χ1n) is 11.7. The Kier molecular flexibility index (Phi) is 8.79. The number of anilines is 1. The van der Waals surface area contributed by atoms with E-state index in [2.05, 4.69) is 21.2 Å². The number of carbonyl (C=O) groups excluding carboxylic acids is 1. The summed E-state index contributed by atoms with van der Waals surface area (Å²) >= 11 is 0. The molecule has 0 bridgehead atoms. The fourth-order valence-corrected chi connectivity index (χ4v) is 4.67. The number of nitrogens with zero attached hydrogens (tertiary/aromatic N) is 3. The van der Waals surface area contributed by atoms with E-state index < -0.39 is 11.6 Å². The van der Waals surface area contributed by atoms with Gasteiger partial charge < -0.3 is 10.2 Å². The molecule has 176 valence electrons. The molecule has 0 radical (unpaired) electrons. The summed E-state index contributed by atoms with van der Waals surface area (Å²) in [6.45, 7) is 7.57. The monoisotopic (exact) mass is 454 g/mol. The minimum absolute atomic E-state index is 0.0460. The van der Waals surface area contributed by atoms with Gasteiger partial charge in [0.05, 0.1) is 17.7 Å². The third-order valence-electron chi connectivity index (χ3n) is 6.28. The van der Waals surface area contributed by atoms with Crippen LogP contribution in [0.5, 0.6) is 0 Å². The number of amides is 1. The average Bonchev–Trinajstić information content (AvgIpc) is 3.31. The van der Waals surface area contributed by atoms with E-state index in [9.17, 15) is 18.8 Å².